The normalized spacial score (nSPS) is 10.1. The first-order valence-electron chi connectivity index (χ1n) is 6.83. The van der Waals surface area contributed by atoms with Gasteiger partial charge in [0, 0.05) is 6.42 Å². The van der Waals surface area contributed by atoms with E-state index in [0.717, 1.165) is 11.1 Å². The molecule has 21 heavy (non-hydrogen) atoms. The third-order valence-electron chi connectivity index (χ3n) is 3.15. The Labute approximate surface area is 124 Å². The van der Waals surface area contributed by atoms with E-state index in [1.165, 1.54) is 6.08 Å². The molecule has 0 spiro atoms. The largest absolute Gasteiger partial charge is 0.504 e. The summed E-state index contributed by atoms with van der Waals surface area (Å²) < 4.78 is 5.59. The Kier molecular flexibility index (Phi) is 5.16. The number of phenolic OH excluding ortho intramolecular Hbond substituents is 1. The van der Waals surface area contributed by atoms with Gasteiger partial charge in [-0.25, -0.2) is 0 Å². The second-order valence-corrected chi connectivity index (χ2v) is 4.75. The van der Waals surface area contributed by atoms with E-state index in [9.17, 15) is 9.90 Å². The number of ether oxygens (including phenoxy) is 1. The summed E-state index contributed by atoms with van der Waals surface area (Å²) in [5.41, 5.74) is 1.94. The number of benzene rings is 2. The minimum Gasteiger partial charge on any atom is -0.504 e. The lowest BCUT2D eigenvalue weighted by molar-refractivity contribution is -0.114. The Morgan fingerprint density at radius 3 is 2.57 bits per heavy atom. The number of carbonyl (C=O) groups is 1. The molecular weight excluding hydrogens is 264 g/mol. The zero-order chi connectivity index (χ0) is 15.1. The zero-order valence-corrected chi connectivity index (χ0v) is 11.8. The topological polar surface area (TPSA) is 46.5 Å². The van der Waals surface area contributed by atoms with Crippen LogP contribution in [0.5, 0.6) is 11.5 Å². The lowest BCUT2D eigenvalue weighted by Crippen LogP contribution is -1.97. The van der Waals surface area contributed by atoms with Crippen molar-refractivity contribution in [2.75, 3.05) is 0 Å². The van der Waals surface area contributed by atoms with Crippen LogP contribution in [0.25, 0.3) is 0 Å². The van der Waals surface area contributed by atoms with Crippen molar-refractivity contribution < 1.29 is 14.6 Å². The van der Waals surface area contributed by atoms with Crippen LogP contribution in [0.2, 0.25) is 0 Å². The summed E-state index contributed by atoms with van der Waals surface area (Å²) in [4.78, 5) is 11.2. The average molecular weight is 282 g/mol. The van der Waals surface area contributed by atoms with Crippen molar-refractivity contribution in [1.29, 1.82) is 0 Å². The molecule has 0 aromatic heterocycles. The number of hydrogen-bond acceptors (Lipinski definition) is 3. The van der Waals surface area contributed by atoms with Gasteiger partial charge in [-0.15, -0.1) is 0 Å². The van der Waals surface area contributed by atoms with E-state index in [-0.39, 0.29) is 11.5 Å². The minimum atomic E-state index is -0.00102. The summed E-state index contributed by atoms with van der Waals surface area (Å²) in [5.74, 6) is 0.533. The molecule has 108 valence electrons. The standard InChI is InChI=1S/C18H18O3/c1-2-16(19)10-8-14-9-11-18(17(20)12-14)21-13-15-6-4-3-5-7-15/h2-7,9,11-12,20H,1,8,10,13H2. The van der Waals surface area contributed by atoms with Gasteiger partial charge in [-0.3, -0.25) is 4.79 Å². The van der Waals surface area contributed by atoms with Crippen molar-refractivity contribution in [2.24, 2.45) is 0 Å². The first-order valence-corrected chi connectivity index (χ1v) is 6.83. The summed E-state index contributed by atoms with van der Waals surface area (Å²) in [5, 5.41) is 9.96. The Bertz CT molecular complexity index is 618. The summed E-state index contributed by atoms with van der Waals surface area (Å²) >= 11 is 0. The molecule has 0 atom stereocenters. The molecule has 0 unspecified atom stereocenters. The predicted molar refractivity (Wildman–Crippen MR) is 82.4 cm³/mol. The number of ketones is 1. The molecule has 1 N–H and O–H groups in total. The highest BCUT2D eigenvalue weighted by atomic mass is 16.5. The average Bonchev–Trinajstić information content (AvgIpc) is 2.52. The fourth-order valence-corrected chi connectivity index (χ4v) is 1.95. The SMILES string of the molecule is C=CC(=O)CCc1ccc(OCc2ccccc2)c(O)c1. The van der Waals surface area contributed by atoms with Gasteiger partial charge >= 0.3 is 0 Å². The van der Waals surface area contributed by atoms with Crippen LogP contribution in [0, 0.1) is 0 Å². The minimum absolute atomic E-state index is 0.00102. The van der Waals surface area contributed by atoms with Crippen molar-refractivity contribution in [2.45, 2.75) is 19.4 Å². The van der Waals surface area contributed by atoms with Crippen LogP contribution in [0.15, 0.2) is 61.2 Å². The van der Waals surface area contributed by atoms with E-state index in [0.29, 0.717) is 25.2 Å². The number of aromatic hydroxyl groups is 1. The Balaban J connectivity index is 1.95. The van der Waals surface area contributed by atoms with E-state index >= 15 is 0 Å². The molecule has 0 saturated heterocycles. The molecule has 0 aliphatic heterocycles. The van der Waals surface area contributed by atoms with Gasteiger partial charge in [0.15, 0.2) is 17.3 Å². The number of aryl methyl sites for hydroxylation is 1. The highest BCUT2D eigenvalue weighted by Crippen LogP contribution is 2.28. The Morgan fingerprint density at radius 1 is 1.14 bits per heavy atom. The molecule has 3 heteroatoms. The van der Waals surface area contributed by atoms with Gasteiger partial charge in [0.1, 0.15) is 6.61 Å². The van der Waals surface area contributed by atoms with Gasteiger partial charge in [0.2, 0.25) is 0 Å². The third-order valence-corrected chi connectivity index (χ3v) is 3.15. The molecule has 0 amide bonds. The van der Waals surface area contributed by atoms with E-state index < -0.39 is 0 Å². The van der Waals surface area contributed by atoms with E-state index in [2.05, 4.69) is 6.58 Å². The van der Waals surface area contributed by atoms with Crippen LogP contribution in [0.4, 0.5) is 0 Å². The molecule has 0 bridgehead atoms. The lowest BCUT2D eigenvalue weighted by Gasteiger charge is -2.09. The zero-order valence-electron chi connectivity index (χ0n) is 11.8. The quantitative estimate of drug-likeness (QED) is 0.788. The molecule has 0 saturated carbocycles. The van der Waals surface area contributed by atoms with Gasteiger partial charge in [-0.1, -0.05) is 43.0 Å². The Morgan fingerprint density at radius 2 is 1.90 bits per heavy atom. The molecule has 0 fully saturated rings. The third kappa shape index (κ3) is 4.49. The summed E-state index contributed by atoms with van der Waals surface area (Å²) in [6, 6.07) is 15.0. The van der Waals surface area contributed by atoms with Gasteiger partial charge in [0.25, 0.3) is 0 Å². The van der Waals surface area contributed by atoms with Crippen LogP contribution >= 0.6 is 0 Å². The van der Waals surface area contributed by atoms with Crippen molar-refractivity contribution in [1.82, 2.24) is 0 Å². The number of allylic oxidation sites excluding steroid dienone is 1. The highest BCUT2D eigenvalue weighted by Gasteiger charge is 2.05. The van der Waals surface area contributed by atoms with Gasteiger partial charge in [0.05, 0.1) is 0 Å². The summed E-state index contributed by atoms with van der Waals surface area (Å²) in [7, 11) is 0. The van der Waals surface area contributed by atoms with Crippen LogP contribution < -0.4 is 4.74 Å². The molecule has 0 aliphatic rings. The number of phenols is 1. The number of rotatable bonds is 7. The maximum absolute atomic E-state index is 11.2. The van der Waals surface area contributed by atoms with Crippen molar-refractivity contribution in [3.63, 3.8) is 0 Å². The fraction of sp³-hybridized carbons (Fsp3) is 0.167. The molecule has 2 aromatic carbocycles. The number of carbonyl (C=O) groups excluding carboxylic acids is 1. The second-order valence-electron chi connectivity index (χ2n) is 4.75. The van der Waals surface area contributed by atoms with Crippen LogP contribution in [-0.4, -0.2) is 10.9 Å². The van der Waals surface area contributed by atoms with Crippen LogP contribution in [-0.2, 0) is 17.8 Å². The Hall–Kier alpha value is -2.55. The van der Waals surface area contributed by atoms with Crippen molar-refractivity contribution in [3.8, 4) is 11.5 Å². The maximum Gasteiger partial charge on any atom is 0.161 e. The molecular formula is C18H18O3. The monoisotopic (exact) mass is 282 g/mol. The maximum atomic E-state index is 11.2. The molecule has 2 rings (SSSR count). The smallest absolute Gasteiger partial charge is 0.161 e. The van der Waals surface area contributed by atoms with Gasteiger partial charge < -0.3 is 9.84 Å². The van der Waals surface area contributed by atoms with Crippen LogP contribution in [0.1, 0.15) is 17.5 Å². The lowest BCUT2D eigenvalue weighted by atomic mass is 10.1. The van der Waals surface area contributed by atoms with Gasteiger partial charge in [-0.2, -0.15) is 0 Å². The predicted octanol–water partition coefficient (Wildman–Crippen LogP) is 3.66. The summed E-state index contributed by atoms with van der Waals surface area (Å²) in [6.07, 6.45) is 2.29. The first-order chi connectivity index (χ1) is 10.2. The first kappa shape index (κ1) is 14.9. The molecule has 0 aliphatic carbocycles. The van der Waals surface area contributed by atoms with E-state index in [1.54, 1.807) is 12.1 Å². The molecule has 0 heterocycles. The second kappa shape index (κ2) is 7.29. The van der Waals surface area contributed by atoms with Gasteiger partial charge in [-0.05, 0) is 35.8 Å². The van der Waals surface area contributed by atoms with E-state index in [1.807, 2.05) is 36.4 Å². The van der Waals surface area contributed by atoms with Crippen molar-refractivity contribution in [3.05, 3.63) is 72.3 Å². The summed E-state index contributed by atoms with van der Waals surface area (Å²) in [6.45, 7) is 3.84. The number of hydrogen-bond donors (Lipinski definition) is 1. The fourth-order valence-electron chi connectivity index (χ4n) is 1.95. The molecule has 3 nitrogen and oxygen atoms in total. The molecule has 2 aromatic rings. The van der Waals surface area contributed by atoms with Crippen molar-refractivity contribution >= 4 is 5.78 Å². The van der Waals surface area contributed by atoms with E-state index in [4.69, 9.17) is 4.74 Å². The highest BCUT2D eigenvalue weighted by molar-refractivity contribution is 5.89. The molecule has 0 radical (unpaired) electrons. The van der Waals surface area contributed by atoms with Crippen LogP contribution in [0.3, 0.4) is 0 Å².